The highest BCUT2D eigenvalue weighted by molar-refractivity contribution is 6.32. The molecule has 1 saturated carbocycles. The highest BCUT2D eigenvalue weighted by atomic mass is 35.5. The number of rotatable bonds is 5. The van der Waals surface area contributed by atoms with Gasteiger partial charge < -0.3 is 18.7 Å². The first-order valence-corrected chi connectivity index (χ1v) is 13.4. The van der Waals surface area contributed by atoms with Crippen LogP contribution in [0.25, 0.3) is 22.3 Å². The fraction of sp³-hybridized carbons (Fsp3) is 0.429. The SMILES string of the molecule is COc1ccc(N2C(=O)CC[C@H]2c2nc3cc(-c4c(C)noc4C)cnc3n2C2CCC(F)(F)CC2)cc1Cl. The van der Waals surface area contributed by atoms with Crippen molar-refractivity contribution in [2.75, 3.05) is 12.0 Å². The Labute approximate surface area is 228 Å². The van der Waals surface area contributed by atoms with Crippen LogP contribution in [0, 0.1) is 13.8 Å². The number of nitrogens with zero attached hydrogens (tertiary/aromatic N) is 5. The Morgan fingerprint density at radius 2 is 1.92 bits per heavy atom. The Morgan fingerprint density at radius 1 is 1.15 bits per heavy atom. The van der Waals surface area contributed by atoms with E-state index >= 15 is 0 Å². The number of fused-ring (bicyclic) bond motifs is 1. The number of anilines is 1. The molecule has 2 aliphatic rings. The van der Waals surface area contributed by atoms with Crippen molar-refractivity contribution in [1.82, 2.24) is 19.7 Å². The second kappa shape index (κ2) is 9.59. The van der Waals surface area contributed by atoms with E-state index in [1.54, 1.807) is 29.3 Å². The molecule has 6 rings (SSSR count). The summed E-state index contributed by atoms with van der Waals surface area (Å²) in [6.45, 7) is 3.71. The van der Waals surface area contributed by atoms with Gasteiger partial charge in [-0.3, -0.25) is 4.79 Å². The Balaban J connectivity index is 1.49. The molecule has 0 radical (unpaired) electrons. The van der Waals surface area contributed by atoms with Gasteiger partial charge in [0.25, 0.3) is 0 Å². The average molecular weight is 556 g/mol. The van der Waals surface area contributed by atoms with Crippen LogP contribution in [0.5, 0.6) is 5.75 Å². The van der Waals surface area contributed by atoms with Gasteiger partial charge in [0.15, 0.2) is 5.65 Å². The lowest BCUT2D eigenvalue weighted by molar-refractivity contribution is -0.117. The van der Waals surface area contributed by atoms with Gasteiger partial charge >= 0.3 is 0 Å². The van der Waals surface area contributed by atoms with Gasteiger partial charge in [0.2, 0.25) is 11.8 Å². The zero-order valence-electron chi connectivity index (χ0n) is 21.9. The molecule has 1 saturated heterocycles. The fourth-order valence-corrected chi connectivity index (χ4v) is 6.22. The third kappa shape index (κ3) is 4.44. The lowest BCUT2D eigenvalue weighted by atomic mass is 9.91. The number of methoxy groups -OCH3 is 1. The Bertz CT molecular complexity index is 1550. The molecular formula is C28H28ClF2N5O3. The summed E-state index contributed by atoms with van der Waals surface area (Å²) in [6, 6.07) is 6.54. The molecule has 3 aromatic heterocycles. The van der Waals surface area contributed by atoms with Crippen LogP contribution >= 0.6 is 11.6 Å². The first kappa shape index (κ1) is 25.7. The minimum atomic E-state index is -2.67. The predicted molar refractivity (Wildman–Crippen MR) is 142 cm³/mol. The second-order valence-electron chi connectivity index (χ2n) is 10.3. The zero-order valence-corrected chi connectivity index (χ0v) is 22.6. The molecule has 204 valence electrons. The van der Waals surface area contributed by atoms with E-state index in [1.807, 2.05) is 24.5 Å². The number of hydrogen-bond acceptors (Lipinski definition) is 6. The summed E-state index contributed by atoms with van der Waals surface area (Å²) in [7, 11) is 1.53. The van der Waals surface area contributed by atoms with E-state index in [-0.39, 0.29) is 24.8 Å². The van der Waals surface area contributed by atoms with E-state index in [0.29, 0.717) is 64.9 Å². The molecule has 4 heterocycles. The van der Waals surface area contributed by atoms with Gasteiger partial charge in [0.1, 0.15) is 22.9 Å². The fourth-order valence-electron chi connectivity index (χ4n) is 5.97. The Kier molecular flexibility index (Phi) is 6.32. The molecule has 8 nitrogen and oxygen atoms in total. The van der Waals surface area contributed by atoms with Crippen LogP contribution < -0.4 is 9.64 Å². The number of ether oxygens (including phenoxy) is 1. The maximum Gasteiger partial charge on any atom is 0.248 e. The Morgan fingerprint density at radius 3 is 2.59 bits per heavy atom. The topological polar surface area (TPSA) is 86.3 Å². The summed E-state index contributed by atoms with van der Waals surface area (Å²) >= 11 is 6.41. The first-order valence-electron chi connectivity index (χ1n) is 13.0. The lowest BCUT2D eigenvalue weighted by Gasteiger charge is -2.32. The summed E-state index contributed by atoms with van der Waals surface area (Å²) in [5.41, 5.74) is 4.28. The van der Waals surface area contributed by atoms with E-state index in [9.17, 15) is 13.6 Å². The van der Waals surface area contributed by atoms with Crippen molar-refractivity contribution >= 4 is 34.4 Å². The van der Waals surface area contributed by atoms with Gasteiger partial charge in [0.05, 0.1) is 23.9 Å². The van der Waals surface area contributed by atoms with Gasteiger partial charge in [-0.25, -0.2) is 18.7 Å². The monoisotopic (exact) mass is 555 g/mol. The van der Waals surface area contributed by atoms with Crippen LogP contribution in [0.4, 0.5) is 14.5 Å². The summed E-state index contributed by atoms with van der Waals surface area (Å²) in [5.74, 6) is -0.908. The molecular weight excluding hydrogens is 528 g/mol. The van der Waals surface area contributed by atoms with E-state index < -0.39 is 12.0 Å². The van der Waals surface area contributed by atoms with Gasteiger partial charge in [-0.15, -0.1) is 0 Å². The summed E-state index contributed by atoms with van der Waals surface area (Å²) in [4.78, 5) is 24.7. The molecule has 1 aliphatic carbocycles. The van der Waals surface area contributed by atoms with Crippen molar-refractivity contribution in [2.45, 2.75) is 70.4 Å². The molecule has 1 aliphatic heterocycles. The third-order valence-electron chi connectivity index (χ3n) is 7.85. The molecule has 0 N–H and O–H groups in total. The number of imidazole rings is 1. The second-order valence-corrected chi connectivity index (χ2v) is 10.7. The van der Waals surface area contributed by atoms with Crippen LogP contribution in [0.15, 0.2) is 35.0 Å². The van der Waals surface area contributed by atoms with Crippen LogP contribution in [0.1, 0.15) is 67.9 Å². The molecule has 39 heavy (non-hydrogen) atoms. The number of aromatic nitrogens is 4. The van der Waals surface area contributed by atoms with Gasteiger partial charge in [-0.05, 0) is 57.4 Å². The number of alkyl halides is 2. The standard InChI is InChI=1S/C28H28ClF2N5O3/c1-15-25(16(2)39-34-15)17-12-21-26(32-14-17)36(18-8-10-28(30,31)11-9-18)27(33-21)22-5-7-24(37)35(22)19-4-6-23(38-3)20(29)13-19/h4,6,12-14,18,22H,5,7-11H2,1-3H3/t22-/m0/s1. The number of aryl methyl sites for hydroxylation is 2. The number of hydrogen-bond donors (Lipinski definition) is 0. The van der Waals surface area contributed by atoms with Crippen LogP contribution in [-0.2, 0) is 4.79 Å². The van der Waals surface area contributed by atoms with Crippen molar-refractivity contribution in [3.63, 3.8) is 0 Å². The maximum atomic E-state index is 14.1. The summed E-state index contributed by atoms with van der Waals surface area (Å²) in [5, 5.41) is 4.44. The van der Waals surface area contributed by atoms with E-state index in [1.165, 1.54) is 7.11 Å². The number of pyridine rings is 1. The normalized spacial score (nSPS) is 19.8. The quantitative estimate of drug-likeness (QED) is 0.264. The molecule has 1 atom stereocenters. The lowest BCUT2D eigenvalue weighted by Crippen LogP contribution is -2.32. The molecule has 1 aromatic carbocycles. The number of benzene rings is 1. The number of halogens is 3. The largest absolute Gasteiger partial charge is 0.495 e. The Hall–Kier alpha value is -3.53. The van der Waals surface area contributed by atoms with Crippen LogP contribution in [-0.4, -0.2) is 38.6 Å². The molecule has 0 unspecified atom stereocenters. The van der Waals surface area contributed by atoms with Crippen molar-refractivity contribution in [3.8, 4) is 16.9 Å². The van der Waals surface area contributed by atoms with Crippen molar-refractivity contribution < 1.29 is 22.8 Å². The van der Waals surface area contributed by atoms with E-state index in [0.717, 1.165) is 16.8 Å². The molecule has 0 spiro atoms. The van der Waals surface area contributed by atoms with Crippen LogP contribution in [0.2, 0.25) is 5.02 Å². The van der Waals surface area contributed by atoms with Gasteiger partial charge in [-0.2, -0.15) is 0 Å². The number of carbonyl (C=O) groups excluding carboxylic acids is 1. The number of amides is 1. The van der Waals surface area contributed by atoms with Crippen LogP contribution in [0.3, 0.4) is 0 Å². The van der Waals surface area contributed by atoms with Crippen molar-refractivity contribution in [1.29, 1.82) is 0 Å². The van der Waals surface area contributed by atoms with Gasteiger partial charge in [-0.1, -0.05) is 16.8 Å². The van der Waals surface area contributed by atoms with E-state index in [4.69, 9.17) is 30.8 Å². The summed E-state index contributed by atoms with van der Waals surface area (Å²) < 4.78 is 40.9. The van der Waals surface area contributed by atoms with E-state index in [2.05, 4.69) is 5.16 Å². The average Bonchev–Trinajstić information content (AvgIpc) is 3.57. The van der Waals surface area contributed by atoms with Crippen molar-refractivity contribution in [3.05, 3.63) is 52.8 Å². The minimum Gasteiger partial charge on any atom is -0.495 e. The molecule has 11 heteroatoms. The predicted octanol–water partition coefficient (Wildman–Crippen LogP) is 6.98. The molecule has 0 bridgehead atoms. The molecule has 4 aromatic rings. The first-order chi connectivity index (χ1) is 18.7. The zero-order chi connectivity index (χ0) is 27.5. The highest BCUT2D eigenvalue weighted by Gasteiger charge is 2.41. The maximum absolute atomic E-state index is 14.1. The smallest absolute Gasteiger partial charge is 0.248 e. The minimum absolute atomic E-state index is 0.0561. The number of carbonyl (C=O) groups is 1. The molecule has 1 amide bonds. The highest BCUT2D eigenvalue weighted by Crippen LogP contribution is 2.45. The van der Waals surface area contributed by atoms with Gasteiger partial charge in [0, 0.05) is 48.3 Å². The van der Waals surface area contributed by atoms with Crippen molar-refractivity contribution in [2.24, 2.45) is 0 Å². The third-order valence-corrected chi connectivity index (χ3v) is 8.15. The molecule has 2 fully saturated rings. The summed E-state index contributed by atoms with van der Waals surface area (Å²) in [6.07, 6.45) is 2.81.